The summed E-state index contributed by atoms with van der Waals surface area (Å²) in [4.78, 5) is 17.0. The summed E-state index contributed by atoms with van der Waals surface area (Å²) in [6.45, 7) is 9.30. The van der Waals surface area contributed by atoms with Gasteiger partial charge < -0.3 is 15.5 Å². The maximum absolute atomic E-state index is 12.2. The van der Waals surface area contributed by atoms with Crippen molar-refractivity contribution < 1.29 is 4.79 Å². The van der Waals surface area contributed by atoms with Crippen molar-refractivity contribution in [3.63, 3.8) is 0 Å². The van der Waals surface area contributed by atoms with E-state index in [-0.39, 0.29) is 5.91 Å². The molecule has 0 aromatic carbocycles. The highest BCUT2D eigenvalue weighted by molar-refractivity contribution is 5.78. The van der Waals surface area contributed by atoms with E-state index in [1.165, 1.54) is 12.8 Å². The molecule has 2 rings (SSSR count). The van der Waals surface area contributed by atoms with Gasteiger partial charge in [0.2, 0.25) is 5.91 Å². The third-order valence-corrected chi connectivity index (χ3v) is 4.91. The van der Waals surface area contributed by atoms with Crippen LogP contribution in [0.15, 0.2) is 0 Å². The second-order valence-corrected chi connectivity index (χ2v) is 6.83. The van der Waals surface area contributed by atoms with E-state index < -0.39 is 0 Å². The molecule has 0 radical (unpaired) electrons. The average molecular weight is 296 g/mol. The second kappa shape index (κ2) is 8.11. The van der Waals surface area contributed by atoms with Crippen LogP contribution in [-0.4, -0.2) is 73.6 Å². The second-order valence-electron chi connectivity index (χ2n) is 6.83. The van der Waals surface area contributed by atoms with Gasteiger partial charge in [-0.05, 0) is 53.1 Å². The van der Waals surface area contributed by atoms with E-state index in [0.29, 0.717) is 24.7 Å². The molecule has 0 aromatic heterocycles. The minimum Gasteiger partial charge on any atom is -0.352 e. The summed E-state index contributed by atoms with van der Waals surface area (Å²) in [6.07, 6.45) is 4.58. The Bertz CT molecular complexity index is 326. The lowest BCUT2D eigenvalue weighted by atomic mass is 10.0. The van der Waals surface area contributed by atoms with Crippen molar-refractivity contribution in [2.75, 3.05) is 39.8 Å². The lowest BCUT2D eigenvalue weighted by Gasteiger charge is -2.36. The van der Waals surface area contributed by atoms with Crippen LogP contribution >= 0.6 is 0 Å². The molecule has 0 aliphatic carbocycles. The third-order valence-electron chi connectivity index (χ3n) is 4.91. The van der Waals surface area contributed by atoms with E-state index in [1.54, 1.807) is 0 Å². The van der Waals surface area contributed by atoms with Crippen LogP contribution in [-0.2, 0) is 4.79 Å². The van der Waals surface area contributed by atoms with Crippen molar-refractivity contribution in [1.29, 1.82) is 0 Å². The van der Waals surface area contributed by atoms with E-state index in [4.69, 9.17) is 0 Å². The molecule has 122 valence electrons. The molecule has 5 heteroatoms. The van der Waals surface area contributed by atoms with Gasteiger partial charge in [0.15, 0.2) is 0 Å². The number of amides is 1. The zero-order valence-electron chi connectivity index (χ0n) is 13.9. The minimum atomic E-state index is 0.203. The number of likely N-dealkylation sites (N-methyl/N-ethyl adjacent to an activating group) is 1. The van der Waals surface area contributed by atoms with Gasteiger partial charge in [-0.1, -0.05) is 0 Å². The molecule has 2 aliphatic rings. The Labute approximate surface area is 129 Å². The molecule has 2 fully saturated rings. The molecular formula is C16H32N4O. The largest absolute Gasteiger partial charge is 0.352 e. The predicted molar refractivity (Wildman–Crippen MR) is 86.4 cm³/mol. The number of carbonyl (C=O) groups is 1. The van der Waals surface area contributed by atoms with Gasteiger partial charge in [0.05, 0.1) is 6.54 Å². The van der Waals surface area contributed by atoms with Gasteiger partial charge in [-0.2, -0.15) is 0 Å². The molecule has 1 amide bonds. The zero-order chi connectivity index (χ0) is 15.2. The number of nitrogens with zero attached hydrogens (tertiary/aromatic N) is 2. The molecule has 0 spiro atoms. The van der Waals surface area contributed by atoms with Crippen LogP contribution in [0.3, 0.4) is 0 Å². The Balaban J connectivity index is 1.68. The van der Waals surface area contributed by atoms with Gasteiger partial charge in [-0.15, -0.1) is 0 Å². The minimum absolute atomic E-state index is 0.203. The molecule has 21 heavy (non-hydrogen) atoms. The highest BCUT2D eigenvalue weighted by atomic mass is 16.2. The summed E-state index contributed by atoms with van der Waals surface area (Å²) < 4.78 is 0. The van der Waals surface area contributed by atoms with Crippen LogP contribution < -0.4 is 10.6 Å². The number of carbonyl (C=O) groups excluding carboxylic acids is 1. The van der Waals surface area contributed by atoms with Gasteiger partial charge in [0.1, 0.15) is 0 Å². The van der Waals surface area contributed by atoms with E-state index in [0.717, 1.165) is 39.0 Å². The number of piperidine rings is 2. The van der Waals surface area contributed by atoms with Crippen LogP contribution in [0.25, 0.3) is 0 Å². The predicted octanol–water partition coefficient (Wildman–Crippen LogP) is 0.659. The summed E-state index contributed by atoms with van der Waals surface area (Å²) >= 11 is 0. The van der Waals surface area contributed by atoms with Crippen LogP contribution in [0.2, 0.25) is 0 Å². The molecule has 0 saturated carbocycles. The number of rotatable bonds is 5. The van der Waals surface area contributed by atoms with Crippen LogP contribution in [0, 0.1) is 0 Å². The lowest BCUT2D eigenvalue weighted by molar-refractivity contribution is -0.123. The van der Waals surface area contributed by atoms with E-state index >= 15 is 0 Å². The number of likely N-dealkylation sites (tertiary alicyclic amines) is 2. The fourth-order valence-electron chi connectivity index (χ4n) is 3.47. The van der Waals surface area contributed by atoms with E-state index in [1.807, 2.05) is 7.05 Å². The van der Waals surface area contributed by atoms with Crippen LogP contribution in [0.5, 0.6) is 0 Å². The molecule has 2 N–H and O–H groups in total. The molecule has 2 saturated heterocycles. The fraction of sp³-hybridized carbons (Fsp3) is 0.938. The van der Waals surface area contributed by atoms with E-state index in [9.17, 15) is 4.79 Å². The van der Waals surface area contributed by atoms with Gasteiger partial charge in [0.25, 0.3) is 0 Å². The molecule has 5 nitrogen and oxygen atoms in total. The van der Waals surface area contributed by atoms with Gasteiger partial charge in [-0.25, -0.2) is 0 Å². The van der Waals surface area contributed by atoms with Gasteiger partial charge in [0, 0.05) is 37.8 Å². The smallest absolute Gasteiger partial charge is 0.234 e. The van der Waals surface area contributed by atoms with Crippen molar-refractivity contribution in [1.82, 2.24) is 20.4 Å². The summed E-state index contributed by atoms with van der Waals surface area (Å²) in [5, 5.41) is 6.56. The highest BCUT2D eigenvalue weighted by Crippen LogP contribution is 2.13. The Kier molecular flexibility index (Phi) is 6.45. The molecule has 0 aromatic rings. The SMILES string of the molecule is CNC1CCCN(CC(=O)NC2CCN(C(C)C)CC2)C1. The first-order chi connectivity index (χ1) is 10.1. The van der Waals surface area contributed by atoms with Crippen molar-refractivity contribution in [3.8, 4) is 0 Å². The van der Waals surface area contributed by atoms with Gasteiger partial charge in [-0.3, -0.25) is 9.69 Å². The zero-order valence-corrected chi connectivity index (χ0v) is 13.9. The normalized spacial score (nSPS) is 26.2. The summed E-state index contributed by atoms with van der Waals surface area (Å²) in [6, 6.07) is 1.53. The van der Waals surface area contributed by atoms with Crippen molar-refractivity contribution in [2.24, 2.45) is 0 Å². The third kappa shape index (κ3) is 5.24. The number of hydrogen-bond acceptors (Lipinski definition) is 4. The summed E-state index contributed by atoms with van der Waals surface area (Å²) in [5.74, 6) is 0.203. The van der Waals surface area contributed by atoms with Crippen molar-refractivity contribution >= 4 is 5.91 Å². The Hall–Kier alpha value is -0.650. The molecule has 2 heterocycles. The maximum atomic E-state index is 12.2. The van der Waals surface area contributed by atoms with Gasteiger partial charge >= 0.3 is 0 Å². The molecule has 1 unspecified atom stereocenters. The van der Waals surface area contributed by atoms with Crippen molar-refractivity contribution in [2.45, 2.75) is 57.7 Å². The van der Waals surface area contributed by atoms with Crippen molar-refractivity contribution in [3.05, 3.63) is 0 Å². The fourth-order valence-corrected chi connectivity index (χ4v) is 3.47. The molecule has 0 bridgehead atoms. The van der Waals surface area contributed by atoms with Crippen LogP contribution in [0.4, 0.5) is 0 Å². The first-order valence-electron chi connectivity index (χ1n) is 8.51. The lowest BCUT2D eigenvalue weighted by Crippen LogP contribution is -2.51. The number of nitrogens with one attached hydrogen (secondary N) is 2. The van der Waals surface area contributed by atoms with E-state index in [2.05, 4.69) is 34.3 Å². The number of hydrogen-bond donors (Lipinski definition) is 2. The Morgan fingerprint density at radius 2 is 1.86 bits per heavy atom. The molecular weight excluding hydrogens is 264 g/mol. The van der Waals surface area contributed by atoms with Crippen LogP contribution in [0.1, 0.15) is 39.5 Å². The quantitative estimate of drug-likeness (QED) is 0.782. The highest BCUT2D eigenvalue weighted by Gasteiger charge is 2.24. The summed E-state index contributed by atoms with van der Waals surface area (Å²) in [5.41, 5.74) is 0. The monoisotopic (exact) mass is 296 g/mol. The maximum Gasteiger partial charge on any atom is 0.234 e. The first kappa shape index (κ1) is 16.7. The molecule has 2 aliphatic heterocycles. The first-order valence-corrected chi connectivity index (χ1v) is 8.51. The topological polar surface area (TPSA) is 47.6 Å². The Morgan fingerprint density at radius 1 is 1.14 bits per heavy atom. The molecule has 1 atom stereocenters. The average Bonchev–Trinajstić information content (AvgIpc) is 2.47. The standard InChI is InChI=1S/C16H32N4O/c1-13(2)20-9-6-14(7-10-20)18-16(21)12-19-8-4-5-15(11-19)17-3/h13-15,17H,4-12H2,1-3H3,(H,18,21). The Morgan fingerprint density at radius 3 is 2.48 bits per heavy atom. The summed E-state index contributed by atoms with van der Waals surface area (Å²) in [7, 11) is 2.01.